The van der Waals surface area contributed by atoms with Gasteiger partial charge in [0.05, 0.1) is 0 Å². The van der Waals surface area contributed by atoms with E-state index >= 15 is 0 Å². The highest BCUT2D eigenvalue weighted by atomic mass is 16.3. The molecule has 0 saturated heterocycles. The molecule has 1 aliphatic carbocycles. The quantitative estimate of drug-likeness (QED) is 0.184. The Morgan fingerprint density at radius 2 is 1.00 bits per heavy atom. The molecule has 0 fully saturated rings. The van der Waals surface area contributed by atoms with E-state index in [4.69, 9.17) is 4.42 Å². The molecule has 8 aromatic carbocycles. The zero-order valence-corrected chi connectivity index (χ0v) is 25.8. The standard InChI is InChI=1S/C45H30O/c1-45(2)37-20-10-9-14-30(37)36-26-28(22-24-38(36)45)41-31-15-5-7-17-33(31)42(34-18-8-6-16-32(34)41)35-19-11-21-39-44(35)43-29-13-4-3-12-27(29)23-25-40(43)46-39/h3-26H,1-2H3. The van der Waals surface area contributed by atoms with Gasteiger partial charge in [-0.05, 0) is 95.0 Å². The Labute approximate surface area is 267 Å². The molecule has 1 aliphatic rings. The molecule has 9 aromatic rings. The Morgan fingerprint density at radius 3 is 1.76 bits per heavy atom. The molecule has 1 heterocycles. The summed E-state index contributed by atoms with van der Waals surface area (Å²) in [4.78, 5) is 0. The average Bonchev–Trinajstić information content (AvgIpc) is 3.60. The normalized spacial score (nSPS) is 13.6. The predicted molar refractivity (Wildman–Crippen MR) is 195 cm³/mol. The molecule has 0 amide bonds. The minimum absolute atomic E-state index is 0.0192. The number of fused-ring (bicyclic) bond motifs is 10. The average molecular weight is 587 g/mol. The van der Waals surface area contributed by atoms with Crippen LogP contribution in [-0.2, 0) is 5.41 Å². The van der Waals surface area contributed by atoms with Crippen molar-refractivity contribution in [3.63, 3.8) is 0 Å². The second kappa shape index (κ2) is 9.19. The summed E-state index contributed by atoms with van der Waals surface area (Å²) in [5, 5.41) is 9.82. The third-order valence-corrected chi connectivity index (χ3v) is 10.5. The Kier molecular flexibility index (Phi) is 5.12. The van der Waals surface area contributed by atoms with Crippen molar-refractivity contribution < 1.29 is 4.42 Å². The van der Waals surface area contributed by atoms with Gasteiger partial charge in [0.1, 0.15) is 11.2 Å². The summed E-state index contributed by atoms with van der Waals surface area (Å²) >= 11 is 0. The number of hydrogen-bond acceptors (Lipinski definition) is 1. The van der Waals surface area contributed by atoms with E-state index in [0.717, 1.165) is 11.2 Å². The van der Waals surface area contributed by atoms with Crippen LogP contribution in [0, 0.1) is 0 Å². The van der Waals surface area contributed by atoms with E-state index in [1.807, 2.05) is 0 Å². The van der Waals surface area contributed by atoms with Crippen molar-refractivity contribution >= 4 is 54.3 Å². The van der Waals surface area contributed by atoms with Crippen LogP contribution in [0.5, 0.6) is 0 Å². The van der Waals surface area contributed by atoms with Gasteiger partial charge < -0.3 is 4.42 Å². The van der Waals surface area contributed by atoms with Crippen LogP contribution in [0.1, 0.15) is 25.0 Å². The van der Waals surface area contributed by atoms with Gasteiger partial charge in [0.2, 0.25) is 0 Å². The van der Waals surface area contributed by atoms with Gasteiger partial charge in [-0.2, -0.15) is 0 Å². The van der Waals surface area contributed by atoms with Crippen LogP contribution < -0.4 is 0 Å². The summed E-state index contributed by atoms with van der Waals surface area (Å²) in [6, 6.07) is 53.4. The highest BCUT2D eigenvalue weighted by Crippen LogP contribution is 2.52. The predicted octanol–water partition coefficient (Wildman–Crippen LogP) is 12.7. The zero-order chi connectivity index (χ0) is 30.6. The molecule has 46 heavy (non-hydrogen) atoms. The van der Waals surface area contributed by atoms with E-state index in [1.54, 1.807) is 0 Å². The first kappa shape index (κ1) is 25.6. The maximum Gasteiger partial charge on any atom is 0.136 e. The molecule has 0 spiro atoms. The van der Waals surface area contributed by atoms with Crippen molar-refractivity contribution in [2.24, 2.45) is 0 Å². The van der Waals surface area contributed by atoms with Crippen molar-refractivity contribution in [3.8, 4) is 33.4 Å². The van der Waals surface area contributed by atoms with Gasteiger partial charge in [-0.3, -0.25) is 0 Å². The van der Waals surface area contributed by atoms with Crippen molar-refractivity contribution in [3.05, 3.63) is 157 Å². The summed E-state index contributed by atoms with van der Waals surface area (Å²) < 4.78 is 6.53. The maximum atomic E-state index is 6.53. The first-order valence-corrected chi connectivity index (χ1v) is 16.1. The van der Waals surface area contributed by atoms with E-state index in [9.17, 15) is 0 Å². The lowest BCUT2D eigenvalue weighted by atomic mass is 9.81. The fourth-order valence-electron chi connectivity index (χ4n) is 8.40. The summed E-state index contributed by atoms with van der Waals surface area (Å²) in [6.07, 6.45) is 0. The fraction of sp³-hybridized carbons (Fsp3) is 0.0667. The van der Waals surface area contributed by atoms with Gasteiger partial charge in [0.25, 0.3) is 0 Å². The van der Waals surface area contributed by atoms with Gasteiger partial charge in [-0.1, -0.05) is 141 Å². The largest absolute Gasteiger partial charge is 0.456 e. The molecule has 0 bridgehead atoms. The molecule has 0 unspecified atom stereocenters. The van der Waals surface area contributed by atoms with E-state index in [0.29, 0.717) is 0 Å². The Balaban J connectivity index is 1.32. The van der Waals surface area contributed by atoms with Crippen LogP contribution in [0.25, 0.3) is 87.6 Å². The minimum Gasteiger partial charge on any atom is -0.456 e. The zero-order valence-electron chi connectivity index (χ0n) is 25.8. The number of furan rings is 1. The van der Waals surface area contributed by atoms with Gasteiger partial charge in [0, 0.05) is 16.2 Å². The van der Waals surface area contributed by atoms with E-state index in [-0.39, 0.29) is 5.41 Å². The van der Waals surface area contributed by atoms with Crippen LogP contribution in [0.4, 0.5) is 0 Å². The topological polar surface area (TPSA) is 13.1 Å². The molecule has 0 saturated carbocycles. The monoisotopic (exact) mass is 586 g/mol. The van der Waals surface area contributed by atoms with E-state index < -0.39 is 0 Å². The van der Waals surface area contributed by atoms with Crippen LogP contribution in [-0.4, -0.2) is 0 Å². The minimum atomic E-state index is -0.0192. The first-order chi connectivity index (χ1) is 22.6. The number of benzene rings is 8. The van der Waals surface area contributed by atoms with Crippen LogP contribution in [0.15, 0.2) is 150 Å². The van der Waals surface area contributed by atoms with Gasteiger partial charge in [-0.15, -0.1) is 0 Å². The molecule has 0 atom stereocenters. The summed E-state index contributed by atoms with van der Waals surface area (Å²) in [6.45, 7) is 4.70. The highest BCUT2D eigenvalue weighted by Gasteiger charge is 2.35. The fourth-order valence-corrected chi connectivity index (χ4v) is 8.40. The molecule has 1 nitrogen and oxygen atoms in total. The molecule has 1 heteroatoms. The van der Waals surface area contributed by atoms with Crippen LogP contribution in [0.3, 0.4) is 0 Å². The third kappa shape index (κ3) is 3.35. The van der Waals surface area contributed by atoms with Crippen LogP contribution in [0.2, 0.25) is 0 Å². The summed E-state index contributed by atoms with van der Waals surface area (Å²) in [5.41, 5.74) is 12.3. The van der Waals surface area contributed by atoms with Gasteiger partial charge in [-0.25, -0.2) is 0 Å². The molecule has 0 radical (unpaired) electrons. The Hall–Kier alpha value is -5.66. The smallest absolute Gasteiger partial charge is 0.136 e. The first-order valence-electron chi connectivity index (χ1n) is 16.1. The molecular weight excluding hydrogens is 556 g/mol. The van der Waals surface area contributed by atoms with E-state index in [1.165, 1.54) is 87.6 Å². The van der Waals surface area contributed by atoms with Gasteiger partial charge in [0.15, 0.2) is 0 Å². The van der Waals surface area contributed by atoms with Crippen molar-refractivity contribution in [2.45, 2.75) is 19.3 Å². The Bertz CT molecular complexity index is 2660. The van der Waals surface area contributed by atoms with E-state index in [2.05, 4.69) is 159 Å². The second-order valence-electron chi connectivity index (χ2n) is 13.2. The molecule has 10 rings (SSSR count). The second-order valence-corrected chi connectivity index (χ2v) is 13.2. The molecular formula is C45H30O. The van der Waals surface area contributed by atoms with Crippen molar-refractivity contribution in [1.82, 2.24) is 0 Å². The number of rotatable bonds is 2. The SMILES string of the molecule is CC1(C)c2ccccc2-c2cc(-c3c4ccccc4c(-c4cccc5oc6ccc7ccccc7c6c45)c4ccccc34)ccc21. The molecule has 0 aliphatic heterocycles. The number of hydrogen-bond donors (Lipinski definition) is 0. The van der Waals surface area contributed by atoms with Gasteiger partial charge >= 0.3 is 0 Å². The van der Waals surface area contributed by atoms with Crippen molar-refractivity contribution in [2.75, 3.05) is 0 Å². The lowest BCUT2D eigenvalue weighted by Crippen LogP contribution is -2.14. The van der Waals surface area contributed by atoms with Crippen LogP contribution >= 0.6 is 0 Å². The van der Waals surface area contributed by atoms with Crippen molar-refractivity contribution in [1.29, 1.82) is 0 Å². The lowest BCUT2D eigenvalue weighted by Gasteiger charge is -2.22. The molecule has 0 N–H and O–H groups in total. The third-order valence-electron chi connectivity index (χ3n) is 10.5. The Morgan fingerprint density at radius 1 is 0.413 bits per heavy atom. The lowest BCUT2D eigenvalue weighted by molar-refractivity contribution is 0.660. The maximum absolute atomic E-state index is 6.53. The highest BCUT2D eigenvalue weighted by molar-refractivity contribution is 6.28. The summed E-state index contributed by atoms with van der Waals surface area (Å²) in [5.74, 6) is 0. The molecule has 216 valence electrons. The molecule has 1 aromatic heterocycles. The summed E-state index contributed by atoms with van der Waals surface area (Å²) in [7, 11) is 0.